The Balaban J connectivity index is 0.000000631. The number of pyridine rings is 1. The minimum Gasteiger partial charge on any atom is -0.385 e. The van der Waals surface area contributed by atoms with Crippen molar-refractivity contribution in [3.05, 3.63) is 22.7 Å². The number of hydrogen-bond donors (Lipinski definition) is 5. The van der Waals surface area contributed by atoms with Crippen LogP contribution in [0.2, 0.25) is 0 Å². The van der Waals surface area contributed by atoms with E-state index in [9.17, 15) is 9.36 Å². The molecule has 0 spiro atoms. The van der Waals surface area contributed by atoms with E-state index in [4.69, 9.17) is 43.7 Å². The van der Waals surface area contributed by atoms with E-state index in [1.807, 2.05) is 0 Å². The Bertz CT molecular complexity index is 1030. The third-order valence-electron chi connectivity index (χ3n) is 4.37. The number of fused-ring (bicyclic) bond motifs is 2. The molecule has 5 atom stereocenters. The van der Waals surface area contributed by atoms with Crippen LogP contribution >= 0.6 is 16.5 Å². The van der Waals surface area contributed by atoms with Crippen molar-refractivity contribution >= 4 is 33.4 Å². The number of aromatic amines is 1. The summed E-state index contributed by atoms with van der Waals surface area (Å²) in [5.41, 5.74) is 6.04. The maximum absolute atomic E-state index is 12.0. The molecule has 0 aromatic carbocycles. The molecule has 2 aromatic rings. The van der Waals surface area contributed by atoms with Crippen LogP contribution in [0.3, 0.4) is 0 Å². The number of nitrogens with one attached hydrogen (secondary N) is 1. The van der Waals surface area contributed by atoms with Crippen molar-refractivity contribution in [1.29, 1.82) is 0 Å². The van der Waals surface area contributed by atoms with Crippen molar-refractivity contribution in [1.82, 2.24) is 14.5 Å². The number of hydrogen-bond acceptors (Lipinski definition) is 9. The first-order valence-electron chi connectivity index (χ1n) is 8.62. The molecule has 14 nitrogen and oxygen atoms in total. The van der Waals surface area contributed by atoms with Crippen LogP contribution in [0.15, 0.2) is 17.2 Å². The fraction of sp³-hybridized carbons (Fsp3) is 0.571. The largest absolute Gasteiger partial charge is 0.385 e. The number of rotatable bonds is 4. The topological polar surface area (TPSA) is 208 Å². The molecule has 0 bridgehead atoms. The predicted molar refractivity (Wildman–Crippen MR) is 103 cm³/mol. The molecular formula is C14H22N4O10P2Y. The maximum atomic E-state index is 12.0. The second kappa shape index (κ2) is 10.6. The second-order valence-corrected chi connectivity index (χ2v) is 8.31. The molecule has 31 heavy (non-hydrogen) atoms. The third-order valence-corrected chi connectivity index (χ3v) is 4.78. The number of nitrogen functional groups attached to an aromatic ring is 1. The standard InChI is InChI=1S/C14H19N4O7P.H3O3P.Y/c1-14(2)24-10-7(4-22-26(20)21)23-13(11(10)25-14)18-5-16-9-6(18)3-8(15)17-12(9)19;1-4(2)3;/h3,5,7,10-11,13,26H,4H2,1-2H3,(H,20,21)(H3,15,17,19);4H,(H2,1,2,3);/t7-,10?,11?,13-;;/m1../s1. The van der Waals surface area contributed by atoms with E-state index < -0.39 is 52.4 Å². The summed E-state index contributed by atoms with van der Waals surface area (Å²) in [7, 11) is -6.23. The van der Waals surface area contributed by atoms with Crippen molar-refractivity contribution in [2.24, 2.45) is 0 Å². The van der Waals surface area contributed by atoms with Gasteiger partial charge in [0.15, 0.2) is 17.5 Å². The zero-order valence-corrected chi connectivity index (χ0v) is 21.3. The Morgan fingerprint density at radius 3 is 2.52 bits per heavy atom. The van der Waals surface area contributed by atoms with E-state index >= 15 is 0 Å². The summed E-state index contributed by atoms with van der Waals surface area (Å²) < 4.78 is 43.9. The van der Waals surface area contributed by atoms with Gasteiger partial charge in [-0.2, -0.15) is 0 Å². The van der Waals surface area contributed by atoms with Gasteiger partial charge in [-0.3, -0.25) is 13.9 Å². The zero-order chi connectivity index (χ0) is 22.2. The molecule has 2 aliphatic rings. The molecule has 171 valence electrons. The van der Waals surface area contributed by atoms with Gasteiger partial charge in [-0.1, -0.05) is 0 Å². The fourth-order valence-corrected chi connectivity index (χ4v) is 3.74. The van der Waals surface area contributed by atoms with Crippen molar-refractivity contribution in [3.8, 4) is 0 Å². The first-order chi connectivity index (χ1) is 14.0. The zero-order valence-electron chi connectivity index (χ0n) is 16.4. The fourth-order valence-electron chi connectivity index (χ4n) is 3.44. The molecule has 2 aliphatic heterocycles. The van der Waals surface area contributed by atoms with Gasteiger partial charge in [0, 0.05) is 38.8 Å². The molecule has 4 heterocycles. The number of nitrogens with zero attached hydrogens (tertiary/aromatic N) is 2. The van der Waals surface area contributed by atoms with Crippen LogP contribution in [0.1, 0.15) is 20.1 Å². The quantitative estimate of drug-likeness (QED) is 0.301. The Hall–Kier alpha value is -0.496. The molecule has 17 heteroatoms. The first-order valence-corrected chi connectivity index (χ1v) is 11.2. The van der Waals surface area contributed by atoms with Gasteiger partial charge in [-0.05, 0) is 13.8 Å². The van der Waals surface area contributed by atoms with Crippen molar-refractivity contribution in [2.75, 3.05) is 12.3 Å². The number of aromatic nitrogens is 3. The van der Waals surface area contributed by atoms with Gasteiger partial charge in [0.05, 0.1) is 18.5 Å². The third kappa shape index (κ3) is 6.30. The molecule has 3 unspecified atom stereocenters. The molecule has 1 radical (unpaired) electrons. The van der Waals surface area contributed by atoms with Gasteiger partial charge >= 0.3 is 16.5 Å². The van der Waals surface area contributed by atoms with Crippen molar-refractivity contribution in [3.63, 3.8) is 0 Å². The van der Waals surface area contributed by atoms with E-state index in [2.05, 4.69) is 9.97 Å². The van der Waals surface area contributed by atoms with Gasteiger partial charge in [-0.25, -0.2) is 4.98 Å². The van der Waals surface area contributed by atoms with Gasteiger partial charge in [-0.15, -0.1) is 0 Å². The Kier molecular flexibility index (Phi) is 9.17. The molecule has 0 amide bonds. The summed E-state index contributed by atoms with van der Waals surface area (Å²) in [5, 5.41) is 0. The monoisotopic (exact) mass is 557 g/mol. The number of anilines is 1. The van der Waals surface area contributed by atoms with Crippen LogP contribution < -0.4 is 11.3 Å². The van der Waals surface area contributed by atoms with Crippen LogP contribution in [0, 0.1) is 0 Å². The molecule has 2 fully saturated rings. The SMILES string of the molecule is CC1(C)OC2C(O1)[C@@H](CO[PH](=O)O)O[C@H]2n1cnc2c(=O)[nH]c(N)cc21.O=[PH](O)O.[Y]. The minimum atomic E-state index is -3.13. The summed E-state index contributed by atoms with van der Waals surface area (Å²) >= 11 is 0. The number of H-pyrrole nitrogens is 1. The average molecular weight is 557 g/mol. The number of ether oxygens (including phenoxy) is 3. The van der Waals surface area contributed by atoms with Crippen LogP contribution in [0.4, 0.5) is 5.82 Å². The molecule has 0 saturated carbocycles. The molecule has 2 saturated heterocycles. The van der Waals surface area contributed by atoms with Gasteiger partial charge in [0.1, 0.15) is 24.1 Å². The molecule has 4 rings (SSSR count). The minimum absolute atomic E-state index is 0. The number of nitrogens with two attached hydrogens (primary N) is 1. The maximum Gasteiger partial charge on any atom is 0.316 e. The van der Waals surface area contributed by atoms with E-state index in [1.165, 1.54) is 6.33 Å². The normalized spacial score (nSPS) is 27.4. The van der Waals surface area contributed by atoms with Crippen LogP contribution in [0.5, 0.6) is 0 Å². The molecule has 6 N–H and O–H groups in total. The van der Waals surface area contributed by atoms with Crippen molar-refractivity contribution < 1.29 is 75.3 Å². The Morgan fingerprint density at radius 2 is 1.90 bits per heavy atom. The summed E-state index contributed by atoms with van der Waals surface area (Å²) in [4.78, 5) is 41.9. The molecular weight excluding hydrogens is 535 g/mol. The number of imidazole rings is 1. The smallest absolute Gasteiger partial charge is 0.316 e. The average Bonchev–Trinajstić information content (AvgIpc) is 3.23. The summed E-state index contributed by atoms with van der Waals surface area (Å²) in [5.74, 6) is -0.658. The van der Waals surface area contributed by atoms with Crippen LogP contribution in [-0.2, 0) is 60.6 Å². The van der Waals surface area contributed by atoms with E-state index in [-0.39, 0.29) is 50.7 Å². The van der Waals surface area contributed by atoms with Crippen LogP contribution in [0.25, 0.3) is 11.0 Å². The Labute approximate surface area is 201 Å². The second-order valence-electron chi connectivity index (χ2n) is 6.93. The summed E-state index contributed by atoms with van der Waals surface area (Å²) in [6.07, 6.45) is -0.841. The Morgan fingerprint density at radius 1 is 1.29 bits per heavy atom. The van der Waals surface area contributed by atoms with E-state index in [1.54, 1.807) is 24.5 Å². The summed E-state index contributed by atoms with van der Waals surface area (Å²) in [6.45, 7) is 3.41. The first kappa shape index (κ1) is 26.8. The van der Waals surface area contributed by atoms with Gasteiger partial charge in [0.2, 0.25) is 0 Å². The summed E-state index contributed by atoms with van der Waals surface area (Å²) in [6, 6.07) is 1.58. The molecule has 0 aliphatic carbocycles. The van der Waals surface area contributed by atoms with Crippen molar-refractivity contribution in [2.45, 2.75) is 44.2 Å². The van der Waals surface area contributed by atoms with Gasteiger partial charge in [0.25, 0.3) is 5.56 Å². The van der Waals surface area contributed by atoms with Gasteiger partial charge < -0.3 is 48.7 Å². The van der Waals surface area contributed by atoms with E-state index in [0.29, 0.717) is 5.52 Å². The molecule has 2 aromatic heterocycles. The van der Waals surface area contributed by atoms with E-state index in [0.717, 1.165) is 0 Å². The predicted octanol–water partition coefficient (Wildman–Crippen LogP) is -0.519. The van der Waals surface area contributed by atoms with Crippen LogP contribution in [-0.4, -0.2) is 59.9 Å².